The molecule has 0 unspecified atom stereocenters. The second-order valence-electron chi connectivity index (χ2n) is 5.79. The maximum atomic E-state index is 9.84. The molecule has 1 nitrogen and oxygen atoms in total. The fraction of sp³-hybridized carbons (Fsp3) is 0.375. The Morgan fingerprint density at radius 2 is 1.67 bits per heavy atom. The second kappa shape index (κ2) is 5.23. The molecule has 1 N–H and O–H groups in total. The van der Waals surface area contributed by atoms with Crippen LogP contribution in [0.15, 0.2) is 41.3 Å². The van der Waals surface area contributed by atoms with E-state index in [9.17, 15) is 5.11 Å². The first-order chi connectivity index (χ1) is 8.47. The molecular weight excluding hydrogens is 240 g/mol. The predicted molar refractivity (Wildman–Crippen MR) is 80.4 cm³/mol. The number of hydrogen-bond donors (Lipinski definition) is 1. The molecule has 0 bridgehead atoms. The van der Waals surface area contributed by atoms with Crippen LogP contribution in [-0.4, -0.2) is 10.9 Å². The molecule has 0 aliphatic carbocycles. The Morgan fingerprint density at radius 3 is 2.33 bits per heavy atom. The van der Waals surface area contributed by atoms with Crippen LogP contribution in [0.3, 0.4) is 0 Å². The number of rotatable bonds is 3. The largest absolute Gasteiger partial charge is 0.507 e. The third-order valence-electron chi connectivity index (χ3n) is 2.97. The van der Waals surface area contributed by atoms with Crippen LogP contribution in [0.4, 0.5) is 0 Å². The van der Waals surface area contributed by atoms with Gasteiger partial charge in [0.1, 0.15) is 5.75 Å². The number of benzene rings is 2. The lowest BCUT2D eigenvalue weighted by molar-refractivity contribution is 0.401. The van der Waals surface area contributed by atoms with Gasteiger partial charge < -0.3 is 5.11 Å². The molecule has 0 aliphatic rings. The summed E-state index contributed by atoms with van der Waals surface area (Å²) >= 11 is 1.87. The minimum atomic E-state index is 0.366. The summed E-state index contributed by atoms with van der Waals surface area (Å²) in [5.41, 5.74) is 0.375. The molecular formula is C16H20OS. The monoisotopic (exact) mass is 260 g/mol. The standard InChI is InChI=1S/C16H20OS/c1-16(2,3)10-11-18-15-9-8-14(17)12-6-4-5-7-13(12)15/h4-9,17H,10-11H2,1-3H3. The first-order valence-electron chi connectivity index (χ1n) is 6.31. The molecule has 0 spiro atoms. The number of aromatic hydroxyl groups is 1. The number of hydrogen-bond acceptors (Lipinski definition) is 2. The van der Waals surface area contributed by atoms with Crippen molar-refractivity contribution in [2.24, 2.45) is 5.41 Å². The van der Waals surface area contributed by atoms with Gasteiger partial charge in [-0.3, -0.25) is 0 Å². The number of phenols is 1. The number of thioether (sulfide) groups is 1. The zero-order chi connectivity index (χ0) is 13.2. The lowest BCUT2D eigenvalue weighted by Crippen LogP contribution is -2.05. The molecule has 0 atom stereocenters. The molecule has 2 heteroatoms. The topological polar surface area (TPSA) is 20.2 Å². The SMILES string of the molecule is CC(C)(C)CCSc1ccc(O)c2ccccc12. The van der Waals surface area contributed by atoms with Gasteiger partial charge in [-0.2, -0.15) is 0 Å². The number of fused-ring (bicyclic) bond motifs is 1. The molecule has 2 aromatic carbocycles. The van der Waals surface area contributed by atoms with Crippen LogP contribution < -0.4 is 0 Å². The Labute approximate surface area is 113 Å². The second-order valence-corrected chi connectivity index (χ2v) is 6.92. The van der Waals surface area contributed by atoms with Crippen molar-refractivity contribution in [1.82, 2.24) is 0 Å². The molecule has 0 aromatic heterocycles. The van der Waals surface area contributed by atoms with E-state index in [4.69, 9.17) is 0 Å². The molecule has 96 valence electrons. The van der Waals surface area contributed by atoms with E-state index in [0.717, 1.165) is 16.5 Å². The molecule has 0 amide bonds. The van der Waals surface area contributed by atoms with Gasteiger partial charge in [0.25, 0.3) is 0 Å². The highest BCUT2D eigenvalue weighted by Crippen LogP contribution is 2.34. The van der Waals surface area contributed by atoms with Crippen molar-refractivity contribution in [3.05, 3.63) is 36.4 Å². The van der Waals surface area contributed by atoms with Gasteiger partial charge in [-0.15, -0.1) is 11.8 Å². The highest BCUT2D eigenvalue weighted by molar-refractivity contribution is 7.99. The number of phenolic OH excluding ortho intramolecular Hbond substituents is 1. The zero-order valence-electron chi connectivity index (χ0n) is 11.2. The van der Waals surface area contributed by atoms with E-state index in [1.54, 1.807) is 6.07 Å². The zero-order valence-corrected chi connectivity index (χ0v) is 12.1. The molecule has 18 heavy (non-hydrogen) atoms. The fourth-order valence-electron chi connectivity index (χ4n) is 1.85. The fourth-order valence-corrected chi connectivity index (χ4v) is 3.28. The molecule has 0 heterocycles. The molecule has 0 radical (unpaired) electrons. The van der Waals surface area contributed by atoms with Crippen molar-refractivity contribution in [3.8, 4) is 5.75 Å². The van der Waals surface area contributed by atoms with Crippen molar-refractivity contribution in [1.29, 1.82) is 0 Å². The van der Waals surface area contributed by atoms with Gasteiger partial charge in [0.05, 0.1) is 0 Å². The van der Waals surface area contributed by atoms with Gasteiger partial charge in [0.15, 0.2) is 0 Å². The summed E-state index contributed by atoms with van der Waals surface area (Å²) in [6.45, 7) is 6.80. The Kier molecular flexibility index (Phi) is 3.86. The van der Waals surface area contributed by atoms with Gasteiger partial charge in [0.2, 0.25) is 0 Å². The van der Waals surface area contributed by atoms with Gasteiger partial charge in [-0.05, 0) is 35.1 Å². The van der Waals surface area contributed by atoms with Crippen LogP contribution in [0.1, 0.15) is 27.2 Å². The van der Waals surface area contributed by atoms with Crippen LogP contribution >= 0.6 is 11.8 Å². The lowest BCUT2D eigenvalue weighted by atomic mass is 9.94. The normalized spacial score (nSPS) is 11.9. The van der Waals surface area contributed by atoms with Crippen LogP contribution in [0, 0.1) is 5.41 Å². The van der Waals surface area contributed by atoms with E-state index in [1.165, 1.54) is 11.3 Å². The van der Waals surface area contributed by atoms with E-state index in [1.807, 2.05) is 36.0 Å². The summed E-state index contributed by atoms with van der Waals surface area (Å²) in [7, 11) is 0. The van der Waals surface area contributed by atoms with E-state index >= 15 is 0 Å². The predicted octanol–water partition coefficient (Wildman–Crippen LogP) is 5.07. The quantitative estimate of drug-likeness (QED) is 0.777. The van der Waals surface area contributed by atoms with E-state index < -0.39 is 0 Å². The molecule has 2 rings (SSSR count). The summed E-state index contributed by atoms with van der Waals surface area (Å²) in [4.78, 5) is 1.26. The van der Waals surface area contributed by atoms with Gasteiger partial charge in [-0.1, -0.05) is 45.0 Å². The summed E-state index contributed by atoms with van der Waals surface area (Å²) in [6, 6.07) is 11.8. The lowest BCUT2D eigenvalue weighted by Gasteiger charge is -2.17. The van der Waals surface area contributed by atoms with Crippen molar-refractivity contribution in [3.63, 3.8) is 0 Å². The Hall–Kier alpha value is -1.15. The average Bonchev–Trinajstić information content (AvgIpc) is 2.31. The van der Waals surface area contributed by atoms with Crippen LogP contribution in [0.2, 0.25) is 0 Å². The van der Waals surface area contributed by atoms with Crippen molar-refractivity contribution >= 4 is 22.5 Å². The molecule has 0 saturated heterocycles. The van der Waals surface area contributed by atoms with Crippen molar-refractivity contribution in [2.45, 2.75) is 32.1 Å². The first kappa shape index (κ1) is 13.3. The Balaban J connectivity index is 2.21. The summed E-state index contributed by atoms with van der Waals surface area (Å²) in [5.74, 6) is 1.48. The van der Waals surface area contributed by atoms with Crippen molar-refractivity contribution < 1.29 is 5.11 Å². The van der Waals surface area contributed by atoms with Gasteiger partial charge in [0, 0.05) is 10.3 Å². The highest BCUT2D eigenvalue weighted by atomic mass is 32.2. The van der Waals surface area contributed by atoms with E-state index in [2.05, 4.69) is 26.8 Å². The third-order valence-corrected chi connectivity index (χ3v) is 4.05. The van der Waals surface area contributed by atoms with Crippen LogP contribution in [0.25, 0.3) is 10.8 Å². The van der Waals surface area contributed by atoms with Crippen LogP contribution in [0.5, 0.6) is 5.75 Å². The van der Waals surface area contributed by atoms with Gasteiger partial charge in [-0.25, -0.2) is 0 Å². The first-order valence-corrected chi connectivity index (χ1v) is 7.29. The summed E-state index contributed by atoms with van der Waals surface area (Å²) < 4.78 is 0. The van der Waals surface area contributed by atoms with E-state index in [-0.39, 0.29) is 0 Å². The third kappa shape index (κ3) is 3.20. The van der Waals surface area contributed by atoms with Crippen LogP contribution in [-0.2, 0) is 0 Å². The smallest absolute Gasteiger partial charge is 0.123 e. The van der Waals surface area contributed by atoms with Crippen molar-refractivity contribution in [2.75, 3.05) is 5.75 Å². The highest BCUT2D eigenvalue weighted by Gasteiger charge is 2.11. The minimum Gasteiger partial charge on any atom is -0.507 e. The van der Waals surface area contributed by atoms with Gasteiger partial charge >= 0.3 is 0 Å². The average molecular weight is 260 g/mol. The Morgan fingerprint density at radius 1 is 1.00 bits per heavy atom. The maximum absolute atomic E-state index is 9.84. The Bertz CT molecular complexity index is 540. The molecule has 2 aromatic rings. The minimum absolute atomic E-state index is 0.366. The molecule has 0 fully saturated rings. The molecule has 0 saturated carbocycles. The summed E-state index contributed by atoms with van der Waals surface area (Å²) in [5, 5.41) is 11.9. The van der Waals surface area contributed by atoms with E-state index in [0.29, 0.717) is 11.2 Å². The summed E-state index contributed by atoms with van der Waals surface area (Å²) in [6.07, 6.45) is 1.19. The maximum Gasteiger partial charge on any atom is 0.123 e. The molecule has 0 aliphatic heterocycles.